The van der Waals surface area contributed by atoms with Gasteiger partial charge in [-0.25, -0.2) is 0 Å². The molecule has 1 aromatic carbocycles. The molecule has 1 heterocycles. The predicted octanol–water partition coefficient (Wildman–Crippen LogP) is 3.72. The van der Waals surface area contributed by atoms with Gasteiger partial charge in [0.2, 0.25) is 0 Å². The second-order valence-electron chi connectivity index (χ2n) is 6.47. The largest absolute Gasteiger partial charge is 0.378 e. The Bertz CT molecular complexity index is 477. The lowest BCUT2D eigenvalue weighted by molar-refractivity contribution is -0.0838. The van der Waals surface area contributed by atoms with E-state index >= 15 is 0 Å². The molecule has 3 nitrogen and oxygen atoms in total. The monoisotopic (exact) mass is 289 g/mol. The molecule has 1 fully saturated rings. The number of benzene rings is 1. The zero-order valence-corrected chi connectivity index (χ0v) is 13.3. The average Bonchev–Trinajstić information content (AvgIpc) is 2.93. The van der Waals surface area contributed by atoms with E-state index < -0.39 is 0 Å². The summed E-state index contributed by atoms with van der Waals surface area (Å²) in [7, 11) is 1.87. The number of rotatable bonds is 7. The van der Waals surface area contributed by atoms with Crippen LogP contribution in [0, 0.1) is 0 Å². The molecule has 3 heteroatoms. The quantitative estimate of drug-likeness (QED) is 0.830. The third kappa shape index (κ3) is 3.15. The van der Waals surface area contributed by atoms with Crippen LogP contribution in [0.5, 0.6) is 0 Å². The smallest absolute Gasteiger partial charge is 0.0725 e. The van der Waals surface area contributed by atoms with Crippen molar-refractivity contribution in [1.82, 2.24) is 5.32 Å². The van der Waals surface area contributed by atoms with Gasteiger partial charge in [-0.1, -0.05) is 25.1 Å². The Kier molecular flexibility index (Phi) is 4.63. The number of ether oxygens (including phenoxy) is 2. The number of hydrogen-bond acceptors (Lipinski definition) is 3. The average molecular weight is 289 g/mol. The highest BCUT2D eigenvalue weighted by Crippen LogP contribution is 2.42. The fourth-order valence-corrected chi connectivity index (χ4v) is 3.47. The normalized spacial score (nSPS) is 20.9. The topological polar surface area (TPSA) is 30.5 Å². The van der Waals surface area contributed by atoms with E-state index in [1.54, 1.807) is 0 Å². The summed E-state index contributed by atoms with van der Waals surface area (Å²) in [6.07, 6.45) is 5.92. The van der Waals surface area contributed by atoms with Crippen molar-refractivity contribution in [2.75, 3.05) is 13.7 Å². The van der Waals surface area contributed by atoms with E-state index in [4.69, 9.17) is 9.47 Å². The summed E-state index contributed by atoms with van der Waals surface area (Å²) < 4.78 is 11.4. The Morgan fingerprint density at radius 3 is 2.76 bits per heavy atom. The molecule has 1 aliphatic heterocycles. The molecule has 0 saturated heterocycles. The van der Waals surface area contributed by atoms with Crippen LogP contribution in [0.4, 0.5) is 0 Å². The van der Waals surface area contributed by atoms with E-state index in [-0.39, 0.29) is 5.60 Å². The number of hydrogen-bond donors (Lipinski definition) is 1. The van der Waals surface area contributed by atoms with Gasteiger partial charge in [-0.05, 0) is 55.3 Å². The molecule has 1 aromatic rings. The van der Waals surface area contributed by atoms with E-state index in [1.807, 2.05) is 7.11 Å². The molecule has 0 radical (unpaired) electrons. The fraction of sp³-hybridized carbons (Fsp3) is 0.667. The minimum absolute atomic E-state index is 0.0981. The SMILES string of the molecule is CCCNC(CC1(OC)CCC1)c1ccc2c(c1)COC2. The van der Waals surface area contributed by atoms with Crippen molar-refractivity contribution in [3.8, 4) is 0 Å². The van der Waals surface area contributed by atoms with Crippen molar-refractivity contribution >= 4 is 0 Å². The molecule has 0 spiro atoms. The Labute approximate surface area is 128 Å². The summed E-state index contributed by atoms with van der Waals surface area (Å²) in [6.45, 7) is 4.80. The molecule has 3 rings (SSSR count). The molecule has 116 valence electrons. The van der Waals surface area contributed by atoms with E-state index in [1.165, 1.54) is 36.0 Å². The molecule has 21 heavy (non-hydrogen) atoms. The van der Waals surface area contributed by atoms with Crippen LogP contribution in [0.1, 0.15) is 61.8 Å². The maximum Gasteiger partial charge on any atom is 0.0725 e. The van der Waals surface area contributed by atoms with Gasteiger partial charge in [-0.15, -0.1) is 0 Å². The van der Waals surface area contributed by atoms with E-state index in [2.05, 4.69) is 30.4 Å². The van der Waals surface area contributed by atoms with Gasteiger partial charge in [0.15, 0.2) is 0 Å². The van der Waals surface area contributed by atoms with Crippen molar-refractivity contribution in [3.63, 3.8) is 0 Å². The number of fused-ring (bicyclic) bond motifs is 1. The van der Waals surface area contributed by atoms with Crippen LogP contribution in [-0.2, 0) is 22.7 Å². The van der Waals surface area contributed by atoms with Crippen LogP contribution < -0.4 is 5.32 Å². The van der Waals surface area contributed by atoms with Crippen molar-refractivity contribution in [2.45, 2.75) is 63.9 Å². The minimum atomic E-state index is 0.0981. The summed E-state index contributed by atoms with van der Waals surface area (Å²) in [5.41, 5.74) is 4.19. The lowest BCUT2D eigenvalue weighted by Crippen LogP contribution is -2.43. The molecule has 1 unspecified atom stereocenters. The van der Waals surface area contributed by atoms with Crippen LogP contribution in [0.3, 0.4) is 0 Å². The van der Waals surface area contributed by atoms with E-state index in [9.17, 15) is 0 Å². The maximum atomic E-state index is 5.83. The van der Waals surface area contributed by atoms with Gasteiger partial charge in [0, 0.05) is 13.2 Å². The summed E-state index contributed by atoms with van der Waals surface area (Å²) in [5, 5.41) is 3.71. The summed E-state index contributed by atoms with van der Waals surface area (Å²) in [4.78, 5) is 0. The van der Waals surface area contributed by atoms with Crippen LogP contribution in [-0.4, -0.2) is 19.3 Å². The van der Waals surface area contributed by atoms with Gasteiger partial charge in [0.1, 0.15) is 0 Å². The Morgan fingerprint density at radius 2 is 2.10 bits per heavy atom. The first kappa shape index (κ1) is 15.0. The summed E-state index contributed by atoms with van der Waals surface area (Å²) in [6, 6.07) is 7.22. The third-order valence-corrected chi connectivity index (χ3v) is 5.06. The molecular weight excluding hydrogens is 262 g/mol. The molecule has 0 amide bonds. The molecule has 1 atom stereocenters. The van der Waals surface area contributed by atoms with Crippen molar-refractivity contribution in [1.29, 1.82) is 0 Å². The third-order valence-electron chi connectivity index (χ3n) is 5.06. The van der Waals surface area contributed by atoms with Crippen LogP contribution in [0.25, 0.3) is 0 Å². The van der Waals surface area contributed by atoms with Gasteiger partial charge in [0.05, 0.1) is 18.8 Å². The van der Waals surface area contributed by atoms with Crippen LogP contribution >= 0.6 is 0 Å². The highest BCUT2D eigenvalue weighted by Gasteiger charge is 2.39. The zero-order valence-electron chi connectivity index (χ0n) is 13.3. The standard InChI is InChI=1S/C18H27NO2/c1-3-9-19-17(11-18(20-2)7-4-8-18)14-5-6-15-12-21-13-16(15)10-14/h5-6,10,17,19H,3-4,7-9,11-13H2,1-2H3. The van der Waals surface area contributed by atoms with Crippen molar-refractivity contribution in [3.05, 3.63) is 34.9 Å². The van der Waals surface area contributed by atoms with E-state index in [0.717, 1.165) is 32.6 Å². The first-order valence-electron chi connectivity index (χ1n) is 8.24. The predicted molar refractivity (Wildman–Crippen MR) is 84.2 cm³/mol. The van der Waals surface area contributed by atoms with E-state index in [0.29, 0.717) is 6.04 Å². The molecule has 1 saturated carbocycles. The lowest BCUT2D eigenvalue weighted by Gasteiger charge is -2.43. The molecular formula is C18H27NO2. The fourth-order valence-electron chi connectivity index (χ4n) is 3.47. The van der Waals surface area contributed by atoms with Crippen molar-refractivity contribution < 1.29 is 9.47 Å². The molecule has 1 N–H and O–H groups in total. The number of nitrogens with one attached hydrogen (secondary N) is 1. The van der Waals surface area contributed by atoms with Gasteiger partial charge >= 0.3 is 0 Å². The lowest BCUT2D eigenvalue weighted by atomic mass is 9.74. The van der Waals surface area contributed by atoms with Gasteiger partial charge in [0.25, 0.3) is 0 Å². The highest BCUT2D eigenvalue weighted by atomic mass is 16.5. The first-order chi connectivity index (χ1) is 10.3. The van der Waals surface area contributed by atoms with Crippen molar-refractivity contribution in [2.24, 2.45) is 0 Å². The summed E-state index contributed by atoms with van der Waals surface area (Å²) in [5.74, 6) is 0. The second kappa shape index (κ2) is 6.47. The van der Waals surface area contributed by atoms with Crippen LogP contribution in [0.15, 0.2) is 18.2 Å². The molecule has 0 bridgehead atoms. The van der Waals surface area contributed by atoms with Gasteiger partial charge in [-0.2, -0.15) is 0 Å². The first-order valence-corrected chi connectivity index (χ1v) is 8.24. The Morgan fingerprint density at radius 1 is 1.29 bits per heavy atom. The maximum absolute atomic E-state index is 5.83. The van der Waals surface area contributed by atoms with Gasteiger partial charge < -0.3 is 14.8 Å². The molecule has 0 aromatic heterocycles. The molecule has 1 aliphatic carbocycles. The van der Waals surface area contributed by atoms with Gasteiger partial charge in [-0.3, -0.25) is 0 Å². The minimum Gasteiger partial charge on any atom is -0.378 e. The molecule has 2 aliphatic rings. The number of methoxy groups -OCH3 is 1. The second-order valence-corrected chi connectivity index (χ2v) is 6.47. The Balaban J connectivity index is 1.78. The zero-order chi connectivity index (χ0) is 14.7. The Hall–Kier alpha value is -0.900. The summed E-state index contributed by atoms with van der Waals surface area (Å²) >= 11 is 0. The van der Waals surface area contributed by atoms with Crippen LogP contribution in [0.2, 0.25) is 0 Å². The highest BCUT2D eigenvalue weighted by molar-refractivity contribution is 5.35.